The van der Waals surface area contributed by atoms with E-state index in [2.05, 4.69) is 28.5 Å². The number of hydrogen-bond acceptors (Lipinski definition) is 6. The van der Waals surface area contributed by atoms with E-state index in [1.807, 2.05) is 56.9 Å². The first-order chi connectivity index (χ1) is 18.4. The maximum absolute atomic E-state index is 13.5. The highest BCUT2D eigenvalue weighted by Gasteiger charge is 2.28. The molecular weight excluding hydrogens is 512 g/mol. The molecule has 2 aromatic carbocycles. The molecule has 208 valence electrons. The summed E-state index contributed by atoms with van der Waals surface area (Å²) in [5, 5.41) is 0. The Balaban J connectivity index is 1.88. The van der Waals surface area contributed by atoms with E-state index < -0.39 is 10.0 Å². The molecule has 2 heterocycles. The van der Waals surface area contributed by atoms with E-state index in [4.69, 9.17) is 4.74 Å². The van der Waals surface area contributed by atoms with Gasteiger partial charge < -0.3 is 9.64 Å². The van der Waals surface area contributed by atoms with Gasteiger partial charge in [0.25, 0.3) is 10.0 Å². The van der Waals surface area contributed by atoms with Crippen molar-refractivity contribution in [1.29, 1.82) is 0 Å². The van der Waals surface area contributed by atoms with Gasteiger partial charge in [-0.25, -0.2) is 18.1 Å². The van der Waals surface area contributed by atoms with Crippen molar-refractivity contribution in [3.05, 3.63) is 65.2 Å². The van der Waals surface area contributed by atoms with Crippen LogP contribution >= 0.6 is 0 Å². The minimum Gasteiger partial charge on any atom is -0.475 e. The van der Waals surface area contributed by atoms with Crippen LogP contribution in [-0.2, 0) is 21.4 Å². The van der Waals surface area contributed by atoms with Crippen molar-refractivity contribution in [2.24, 2.45) is 11.8 Å². The standard InChI is InChI=1S/C30H38N4O4S/c1-19(2)13-24-18-38-27-16-26(29-21(5)9-7-10-22(29)6)31-30(32-27)33-39(36,37)25-12-8-11-23(15-25)17-34(24)28(35)14-20(3)4/h7-12,15-16,19-20,24H,13-14,17-18H2,1-6H3,(H,31,32,33)/t24-/m1/s1. The SMILES string of the molecule is Cc1cccc(C)c1-c1cc2nc(n1)NS(=O)(=O)c1cccc(c1)CN(C(=O)CC(C)C)[C@H](CC(C)C)CO2. The number of carbonyl (C=O) groups is 1. The van der Waals surface area contributed by atoms with Crippen LogP contribution in [-0.4, -0.2) is 41.8 Å². The lowest BCUT2D eigenvalue weighted by atomic mass is 10.00. The maximum atomic E-state index is 13.5. The van der Waals surface area contributed by atoms with Crippen LogP contribution < -0.4 is 9.46 Å². The second-order valence-corrected chi connectivity index (χ2v) is 12.8. The predicted molar refractivity (Wildman–Crippen MR) is 153 cm³/mol. The number of carbonyl (C=O) groups excluding carboxylic acids is 1. The van der Waals surface area contributed by atoms with Gasteiger partial charge in [0.15, 0.2) is 0 Å². The van der Waals surface area contributed by atoms with Gasteiger partial charge in [0, 0.05) is 24.6 Å². The highest BCUT2D eigenvalue weighted by molar-refractivity contribution is 7.92. The minimum atomic E-state index is -4.00. The molecule has 0 fully saturated rings. The Kier molecular flexibility index (Phi) is 8.59. The fourth-order valence-electron chi connectivity index (χ4n) is 4.98. The number of anilines is 1. The Morgan fingerprint density at radius 3 is 2.38 bits per heavy atom. The van der Waals surface area contributed by atoms with E-state index in [1.54, 1.807) is 18.2 Å². The topological polar surface area (TPSA) is 101 Å². The van der Waals surface area contributed by atoms with E-state index in [-0.39, 0.29) is 47.7 Å². The van der Waals surface area contributed by atoms with Crippen molar-refractivity contribution in [3.63, 3.8) is 0 Å². The van der Waals surface area contributed by atoms with Gasteiger partial charge in [-0.05, 0) is 60.9 Å². The molecule has 0 saturated heterocycles. The summed E-state index contributed by atoms with van der Waals surface area (Å²) in [7, 11) is -4.00. The van der Waals surface area contributed by atoms with Crippen molar-refractivity contribution in [1.82, 2.24) is 14.9 Å². The van der Waals surface area contributed by atoms with Gasteiger partial charge in [-0.1, -0.05) is 58.0 Å². The lowest BCUT2D eigenvalue weighted by Crippen LogP contribution is -2.44. The van der Waals surface area contributed by atoms with Gasteiger partial charge in [0.2, 0.25) is 17.7 Å². The molecule has 1 aromatic heterocycles. The number of aromatic nitrogens is 2. The van der Waals surface area contributed by atoms with Crippen molar-refractivity contribution in [2.45, 2.75) is 71.9 Å². The molecule has 0 radical (unpaired) electrons. The van der Waals surface area contributed by atoms with E-state index >= 15 is 0 Å². The first-order valence-corrected chi connectivity index (χ1v) is 14.9. The minimum absolute atomic E-state index is 0.0140. The van der Waals surface area contributed by atoms with Gasteiger partial charge in [-0.3, -0.25) is 4.79 Å². The fourth-order valence-corrected chi connectivity index (χ4v) is 5.99. The summed E-state index contributed by atoms with van der Waals surface area (Å²) in [5.74, 6) is 0.686. The lowest BCUT2D eigenvalue weighted by Gasteiger charge is -2.33. The molecule has 9 heteroatoms. The summed E-state index contributed by atoms with van der Waals surface area (Å²) in [6.45, 7) is 12.7. The molecule has 0 aliphatic carbocycles. The number of amides is 1. The Labute approximate surface area is 231 Å². The first-order valence-electron chi connectivity index (χ1n) is 13.4. The van der Waals surface area contributed by atoms with E-state index in [1.165, 1.54) is 6.07 Å². The van der Waals surface area contributed by atoms with Crippen LogP contribution in [0.2, 0.25) is 0 Å². The molecule has 1 amide bonds. The van der Waals surface area contributed by atoms with Crippen LogP contribution in [0.25, 0.3) is 11.3 Å². The highest BCUT2D eigenvalue weighted by Crippen LogP contribution is 2.30. The molecule has 8 nitrogen and oxygen atoms in total. The summed E-state index contributed by atoms with van der Waals surface area (Å²) in [6.07, 6.45) is 1.12. The Bertz CT molecular complexity index is 1430. The van der Waals surface area contributed by atoms with Gasteiger partial charge in [0.05, 0.1) is 16.6 Å². The number of benzene rings is 2. The van der Waals surface area contributed by atoms with Crippen LogP contribution in [0.4, 0.5) is 5.95 Å². The Morgan fingerprint density at radius 2 is 1.72 bits per heavy atom. The van der Waals surface area contributed by atoms with Crippen molar-refractivity contribution in [2.75, 3.05) is 11.3 Å². The molecule has 0 unspecified atom stereocenters. The molecule has 4 rings (SSSR count). The maximum Gasteiger partial charge on any atom is 0.264 e. The summed E-state index contributed by atoms with van der Waals surface area (Å²) >= 11 is 0. The summed E-state index contributed by atoms with van der Waals surface area (Å²) < 4.78 is 35.6. The van der Waals surface area contributed by atoms with Gasteiger partial charge in [0.1, 0.15) is 6.61 Å². The van der Waals surface area contributed by atoms with Gasteiger partial charge in [-0.15, -0.1) is 0 Å². The van der Waals surface area contributed by atoms with Crippen LogP contribution in [0.15, 0.2) is 53.4 Å². The van der Waals surface area contributed by atoms with E-state index in [0.29, 0.717) is 18.0 Å². The third-order valence-electron chi connectivity index (χ3n) is 6.74. The number of fused-ring (bicyclic) bond motifs is 4. The van der Waals surface area contributed by atoms with Crippen LogP contribution in [0.1, 0.15) is 57.2 Å². The smallest absolute Gasteiger partial charge is 0.264 e. The third-order valence-corrected chi connectivity index (χ3v) is 8.06. The lowest BCUT2D eigenvalue weighted by molar-refractivity contribution is -0.136. The number of aryl methyl sites for hydroxylation is 2. The number of sulfonamides is 1. The number of rotatable bonds is 5. The Hall–Kier alpha value is -3.46. The van der Waals surface area contributed by atoms with E-state index in [0.717, 1.165) is 28.7 Å². The van der Waals surface area contributed by atoms with E-state index in [9.17, 15) is 13.2 Å². The quantitative estimate of drug-likeness (QED) is 0.435. The fraction of sp³-hybridized carbons (Fsp3) is 0.433. The zero-order chi connectivity index (χ0) is 28.3. The van der Waals surface area contributed by atoms with Gasteiger partial charge in [-0.2, -0.15) is 4.98 Å². The predicted octanol–water partition coefficient (Wildman–Crippen LogP) is 5.74. The molecule has 3 aromatic rings. The number of hydrogen-bond donors (Lipinski definition) is 1. The summed E-state index contributed by atoms with van der Waals surface area (Å²) in [4.78, 5) is 24.4. The number of ether oxygens (including phenoxy) is 1. The molecule has 1 aliphatic heterocycles. The molecule has 39 heavy (non-hydrogen) atoms. The zero-order valence-electron chi connectivity index (χ0n) is 23.6. The molecular formula is C30H38N4O4S. The normalized spacial score (nSPS) is 17.0. The summed E-state index contributed by atoms with van der Waals surface area (Å²) in [5.41, 5.74) is 4.19. The molecule has 1 N–H and O–H groups in total. The van der Waals surface area contributed by atoms with Crippen molar-refractivity contribution >= 4 is 21.9 Å². The Morgan fingerprint density at radius 1 is 1.03 bits per heavy atom. The third kappa shape index (κ3) is 6.95. The van der Waals surface area contributed by atoms with Crippen LogP contribution in [0, 0.1) is 25.7 Å². The molecule has 1 atom stereocenters. The van der Waals surface area contributed by atoms with Crippen molar-refractivity contribution < 1.29 is 17.9 Å². The molecule has 1 aliphatic rings. The number of nitrogens with zero attached hydrogens (tertiary/aromatic N) is 3. The zero-order valence-corrected chi connectivity index (χ0v) is 24.4. The van der Waals surface area contributed by atoms with Crippen LogP contribution in [0.5, 0.6) is 5.88 Å². The average Bonchev–Trinajstić information content (AvgIpc) is 2.84. The summed E-state index contributed by atoms with van der Waals surface area (Å²) in [6, 6.07) is 14.1. The second-order valence-electron chi connectivity index (χ2n) is 11.1. The largest absolute Gasteiger partial charge is 0.475 e. The second kappa shape index (κ2) is 11.7. The van der Waals surface area contributed by atoms with Crippen LogP contribution in [0.3, 0.4) is 0 Å². The molecule has 0 spiro atoms. The first kappa shape index (κ1) is 28.5. The van der Waals surface area contributed by atoms with Crippen molar-refractivity contribution in [3.8, 4) is 17.1 Å². The molecule has 4 bridgehead atoms. The van der Waals surface area contributed by atoms with Gasteiger partial charge >= 0.3 is 0 Å². The average molecular weight is 551 g/mol. The monoisotopic (exact) mass is 550 g/mol. The number of nitrogens with one attached hydrogen (secondary N) is 1. The highest BCUT2D eigenvalue weighted by atomic mass is 32.2. The molecule has 0 saturated carbocycles.